The van der Waals surface area contributed by atoms with Crippen LogP contribution < -0.4 is 4.90 Å². The number of rotatable bonds is 2. The molecule has 1 heterocycles. The second kappa shape index (κ2) is 4.15. The average Bonchev–Trinajstić information content (AvgIpc) is 2.47. The largest absolute Gasteiger partial charge is 0.478 e. The molecule has 100 valence electrons. The van der Waals surface area contributed by atoms with Gasteiger partial charge in [-0.3, -0.25) is 9.59 Å². The summed E-state index contributed by atoms with van der Waals surface area (Å²) in [5.41, 5.74) is -1.26. The number of hydrogen-bond donors (Lipinski definition) is 1. The highest BCUT2D eigenvalue weighted by Gasteiger charge is 2.45. The highest BCUT2D eigenvalue weighted by molar-refractivity contribution is 6.22. The van der Waals surface area contributed by atoms with E-state index in [-0.39, 0.29) is 12.1 Å². The van der Waals surface area contributed by atoms with E-state index in [0.717, 1.165) is 17.0 Å². The Morgan fingerprint density at radius 2 is 2.00 bits per heavy atom. The summed E-state index contributed by atoms with van der Waals surface area (Å²) in [5.74, 6) is -3.21. The van der Waals surface area contributed by atoms with Crippen LogP contribution >= 0.6 is 0 Å². The van der Waals surface area contributed by atoms with Gasteiger partial charge in [0.05, 0.1) is 16.7 Å². The first-order valence-electron chi connectivity index (χ1n) is 5.64. The summed E-state index contributed by atoms with van der Waals surface area (Å²) < 4.78 is 13.6. The smallest absolute Gasteiger partial charge is 0.338 e. The van der Waals surface area contributed by atoms with E-state index in [2.05, 4.69) is 0 Å². The molecule has 0 atom stereocenters. The van der Waals surface area contributed by atoms with Crippen molar-refractivity contribution in [3.8, 4) is 0 Å². The normalized spacial score (nSPS) is 17.9. The predicted molar refractivity (Wildman–Crippen MR) is 64.3 cm³/mol. The van der Waals surface area contributed by atoms with Crippen LogP contribution in [-0.4, -0.2) is 22.9 Å². The topological polar surface area (TPSA) is 74.7 Å². The lowest BCUT2D eigenvalue weighted by Gasteiger charge is -2.18. The molecule has 1 aliphatic heterocycles. The van der Waals surface area contributed by atoms with Crippen LogP contribution in [0.5, 0.6) is 0 Å². The highest BCUT2D eigenvalue weighted by atomic mass is 19.1. The lowest BCUT2D eigenvalue weighted by atomic mass is 9.92. The zero-order valence-corrected chi connectivity index (χ0v) is 10.4. The number of halogens is 1. The van der Waals surface area contributed by atoms with Crippen molar-refractivity contribution in [1.82, 2.24) is 0 Å². The van der Waals surface area contributed by atoms with Crippen LogP contribution in [0.4, 0.5) is 10.1 Å². The fourth-order valence-corrected chi connectivity index (χ4v) is 2.03. The van der Waals surface area contributed by atoms with Gasteiger partial charge in [0.2, 0.25) is 11.8 Å². The van der Waals surface area contributed by atoms with E-state index in [1.807, 2.05) is 0 Å². The number of imide groups is 1. The Hall–Kier alpha value is -2.24. The van der Waals surface area contributed by atoms with Gasteiger partial charge in [-0.15, -0.1) is 0 Å². The van der Waals surface area contributed by atoms with Crippen molar-refractivity contribution >= 4 is 23.5 Å². The molecule has 1 N–H and O–H groups in total. The van der Waals surface area contributed by atoms with E-state index < -0.39 is 34.6 Å². The van der Waals surface area contributed by atoms with Gasteiger partial charge < -0.3 is 5.11 Å². The number of aromatic carboxylic acids is 1. The summed E-state index contributed by atoms with van der Waals surface area (Å²) >= 11 is 0. The molecule has 0 aromatic heterocycles. The Morgan fingerprint density at radius 3 is 2.42 bits per heavy atom. The maximum atomic E-state index is 13.6. The number of anilines is 1. The molecule has 19 heavy (non-hydrogen) atoms. The molecule has 1 aromatic rings. The van der Waals surface area contributed by atoms with Crippen molar-refractivity contribution in [3.05, 3.63) is 29.6 Å². The zero-order valence-electron chi connectivity index (χ0n) is 10.4. The number of carbonyl (C=O) groups excluding carboxylic acids is 2. The van der Waals surface area contributed by atoms with E-state index in [9.17, 15) is 18.8 Å². The molecule has 1 saturated heterocycles. The molecule has 0 spiro atoms. The summed E-state index contributed by atoms with van der Waals surface area (Å²) in [6, 6.07) is 3.18. The summed E-state index contributed by atoms with van der Waals surface area (Å²) in [4.78, 5) is 35.4. The van der Waals surface area contributed by atoms with Gasteiger partial charge in [-0.1, -0.05) is 13.8 Å². The molecule has 6 heteroatoms. The van der Waals surface area contributed by atoms with E-state index in [4.69, 9.17) is 5.11 Å². The average molecular weight is 265 g/mol. The quantitative estimate of drug-likeness (QED) is 0.827. The molecule has 2 amide bonds. The second-order valence-electron chi connectivity index (χ2n) is 5.06. The third kappa shape index (κ3) is 2.09. The Labute approximate surface area is 108 Å². The predicted octanol–water partition coefficient (Wildman–Crippen LogP) is 1.81. The van der Waals surface area contributed by atoms with Crippen molar-refractivity contribution in [3.63, 3.8) is 0 Å². The van der Waals surface area contributed by atoms with Gasteiger partial charge in [-0.05, 0) is 18.2 Å². The van der Waals surface area contributed by atoms with Gasteiger partial charge in [0, 0.05) is 6.42 Å². The van der Waals surface area contributed by atoms with Crippen LogP contribution in [0, 0.1) is 11.2 Å². The van der Waals surface area contributed by atoms with Gasteiger partial charge in [-0.25, -0.2) is 14.1 Å². The van der Waals surface area contributed by atoms with Crippen molar-refractivity contribution < 1.29 is 23.9 Å². The Bertz CT molecular complexity index is 594. The molecular formula is C13H12FNO4. The molecule has 0 bridgehead atoms. The molecule has 0 radical (unpaired) electrons. The van der Waals surface area contributed by atoms with Crippen molar-refractivity contribution in [2.75, 3.05) is 4.90 Å². The third-order valence-corrected chi connectivity index (χ3v) is 3.07. The fourth-order valence-electron chi connectivity index (χ4n) is 2.03. The third-order valence-electron chi connectivity index (χ3n) is 3.07. The van der Waals surface area contributed by atoms with E-state index in [0.29, 0.717) is 0 Å². The Morgan fingerprint density at radius 1 is 1.37 bits per heavy atom. The van der Waals surface area contributed by atoms with Crippen LogP contribution in [0.3, 0.4) is 0 Å². The number of nitrogens with zero attached hydrogens (tertiary/aromatic N) is 1. The van der Waals surface area contributed by atoms with Crippen LogP contribution in [0.2, 0.25) is 0 Å². The van der Waals surface area contributed by atoms with Crippen LogP contribution in [0.25, 0.3) is 0 Å². The first-order chi connectivity index (χ1) is 8.74. The van der Waals surface area contributed by atoms with Gasteiger partial charge in [0.1, 0.15) is 5.82 Å². The SMILES string of the molecule is CC1(C)CC(=O)N(c2ccc(C(=O)O)c(F)c2)C1=O. The number of carboxylic acid groups (broad SMARTS) is 1. The molecule has 2 rings (SSSR count). The summed E-state index contributed by atoms with van der Waals surface area (Å²) in [6.07, 6.45) is 0.0497. The molecule has 5 nitrogen and oxygen atoms in total. The Kier molecular flexibility index (Phi) is 2.88. The fraction of sp³-hybridized carbons (Fsp3) is 0.308. The molecule has 1 aliphatic rings. The molecule has 0 unspecified atom stereocenters. The zero-order chi connectivity index (χ0) is 14.4. The summed E-state index contributed by atoms with van der Waals surface area (Å²) in [5, 5.41) is 8.72. The lowest BCUT2D eigenvalue weighted by Crippen LogP contribution is -2.33. The standard InChI is InChI=1S/C13H12FNO4/c1-13(2)6-10(16)15(12(13)19)7-3-4-8(11(17)18)9(14)5-7/h3-5H,6H2,1-2H3,(H,17,18). The molecule has 0 saturated carbocycles. The first-order valence-corrected chi connectivity index (χ1v) is 5.64. The highest BCUT2D eigenvalue weighted by Crippen LogP contribution is 2.35. The number of hydrogen-bond acceptors (Lipinski definition) is 3. The van der Waals surface area contributed by atoms with Gasteiger partial charge in [-0.2, -0.15) is 0 Å². The lowest BCUT2D eigenvalue weighted by molar-refractivity contribution is -0.124. The van der Waals surface area contributed by atoms with Crippen molar-refractivity contribution in [2.24, 2.45) is 5.41 Å². The first kappa shape index (κ1) is 13.2. The summed E-state index contributed by atoms with van der Waals surface area (Å²) in [6.45, 7) is 3.27. The maximum Gasteiger partial charge on any atom is 0.338 e. The van der Waals surface area contributed by atoms with Crippen molar-refractivity contribution in [1.29, 1.82) is 0 Å². The van der Waals surface area contributed by atoms with Gasteiger partial charge in [0.15, 0.2) is 0 Å². The van der Waals surface area contributed by atoms with E-state index in [1.165, 1.54) is 6.07 Å². The van der Waals surface area contributed by atoms with Crippen LogP contribution in [0.15, 0.2) is 18.2 Å². The molecule has 1 aromatic carbocycles. The number of amides is 2. The van der Waals surface area contributed by atoms with Crippen molar-refractivity contribution in [2.45, 2.75) is 20.3 Å². The Balaban J connectivity index is 2.44. The van der Waals surface area contributed by atoms with Gasteiger partial charge >= 0.3 is 5.97 Å². The van der Waals surface area contributed by atoms with E-state index in [1.54, 1.807) is 13.8 Å². The molecule has 0 aliphatic carbocycles. The minimum Gasteiger partial charge on any atom is -0.478 e. The minimum atomic E-state index is -1.40. The molecule has 1 fully saturated rings. The van der Waals surface area contributed by atoms with E-state index >= 15 is 0 Å². The number of carboxylic acids is 1. The second-order valence-corrected chi connectivity index (χ2v) is 5.06. The minimum absolute atomic E-state index is 0.0497. The number of carbonyl (C=O) groups is 3. The maximum absolute atomic E-state index is 13.6. The van der Waals surface area contributed by atoms with Gasteiger partial charge in [0.25, 0.3) is 0 Å². The molecular weight excluding hydrogens is 253 g/mol. The monoisotopic (exact) mass is 265 g/mol. The van der Waals surface area contributed by atoms with Crippen LogP contribution in [-0.2, 0) is 9.59 Å². The summed E-state index contributed by atoms with van der Waals surface area (Å²) in [7, 11) is 0. The number of benzene rings is 1. The van der Waals surface area contributed by atoms with Crippen LogP contribution in [0.1, 0.15) is 30.6 Å².